The first-order chi connectivity index (χ1) is 9.58. The minimum Gasteiger partial charge on any atom is -0.487 e. The van der Waals surface area contributed by atoms with Gasteiger partial charge in [0.05, 0.1) is 11.5 Å². The summed E-state index contributed by atoms with van der Waals surface area (Å²) < 4.78 is 5.61. The Kier molecular flexibility index (Phi) is 7.01. The Balaban J connectivity index is 2.76. The van der Waals surface area contributed by atoms with E-state index in [1.807, 2.05) is 13.0 Å². The Hall–Kier alpha value is -1.62. The van der Waals surface area contributed by atoms with E-state index in [9.17, 15) is 10.1 Å². The van der Waals surface area contributed by atoms with Crippen molar-refractivity contribution in [2.24, 2.45) is 5.92 Å². The van der Waals surface area contributed by atoms with Gasteiger partial charge in [-0.3, -0.25) is 10.1 Å². The summed E-state index contributed by atoms with van der Waals surface area (Å²) in [5.74, 6) is 0.763. The van der Waals surface area contributed by atoms with Crippen LogP contribution in [0.2, 0.25) is 0 Å². The van der Waals surface area contributed by atoms with Crippen LogP contribution in [-0.4, -0.2) is 18.1 Å². The highest BCUT2D eigenvalue weighted by atomic mass is 16.6. The van der Waals surface area contributed by atoms with Crippen LogP contribution in [0.4, 0.5) is 5.69 Å². The molecule has 0 bridgehead atoms. The van der Waals surface area contributed by atoms with Gasteiger partial charge in [-0.05, 0) is 30.5 Å². The first-order valence-electron chi connectivity index (χ1n) is 7.19. The molecule has 5 heteroatoms. The number of rotatable bonds is 9. The molecule has 1 aromatic rings. The molecule has 0 heterocycles. The first kappa shape index (κ1) is 16.4. The van der Waals surface area contributed by atoms with E-state index in [-0.39, 0.29) is 10.6 Å². The van der Waals surface area contributed by atoms with Gasteiger partial charge in [-0.15, -0.1) is 0 Å². The van der Waals surface area contributed by atoms with Crippen LogP contribution in [0.1, 0.15) is 39.2 Å². The zero-order valence-electron chi connectivity index (χ0n) is 12.5. The summed E-state index contributed by atoms with van der Waals surface area (Å²) in [5, 5.41) is 14.3. The lowest BCUT2D eigenvalue weighted by atomic mass is 10.1. The van der Waals surface area contributed by atoms with Crippen LogP contribution in [-0.2, 0) is 6.54 Å². The Morgan fingerprint density at radius 1 is 1.40 bits per heavy atom. The zero-order chi connectivity index (χ0) is 15.0. The molecular weight excluding hydrogens is 256 g/mol. The standard InChI is InChI=1S/C15H24N2O3/c1-4-6-12(3)11-20-15-8-7-13(10-16-5-2)9-14(15)17(18)19/h7-9,12,16H,4-6,10-11H2,1-3H3. The molecule has 20 heavy (non-hydrogen) atoms. The molecule has 0 aromatic heterocycles. The number of nitro benzene ring substituents is 1. The van der Waals surface area contributed by atoms with Crippen LogP contribution >= 0.6 is 0 Å². The quantitative estimate of drug-likeness (QED) is 0.555. The van der Waals surface area contributed by atoms with Crippen molar-refractivity contribution in [2.45, 2.75) is 40.2 Å². The number of nitrogens with zero attached hydrogens (tertiary/aromatic N) is 1. The molecule has 1 unspecified atom stereocenters. The van der Waals surface area contributed by atoms with E-state index < -0.39 is 0 Å². The van der Waals surface area contributed by atoms with Crippen LogP contribution < -0.4 is 10.1 Å². The number of nitro groups is 1. The van der Waals surface area contributed by atoms with Crippen molar-refractivity contribution < 1.29 is 9.66 Å². The maximum Gasteiger partial charge on any atom is 0.311 e. The van der Waals surface area contributed by atoms with Gasteiger partial charge >= 0.3 is 5.69 Å². The molecule has 1 aromatic carbocycles. The van der Waals surface area contributed by atoms with Gasteiger partial charge in [-0.2, -0.15) is 0 Å². The average Bonchev–Trinajstić information content (AvgIpc) is 2.43. The van der Waals surface area contributed by atoms with E-state index >= 15 is 0 Å². The van der Waals surface area contributed by atoms with Crippen molar-refractivity contribution >= 4 is 5.69 Å². The molecule has 5 nitrogen and oxygen atoms in total. The van der Waals surface area contributed by atoms with Crippen molar-refractivity contribution in [3.8, 4) is 5.75 Å². The SMILES string of the molecule is CCCC(C)COc1ccc(CNCC)cc1[N+](=O)[O-]. The lowest BCUT2D eigenvalue weighted by Gasteiger charge is -2.12. The third-order valence-corrected chi connectivity index (χ3v) is 3.10. The van der Waals surface area contributed by atoms with Gasteiger partial charge in [0.2, 0.25) is 0 Å². The van der Waals surface area contributed by atoms with Crippen molar-refractivity contribution in [3.63, 3.8) is 0 Å². The number of nitrogens with one attached hydrogen (secondary N) is 1. The minimum absolute atomic E-state index is 0.0455. The maximum absolute atomic E-state index is 11.1. The van der Waals surface area contributed by atoms with E-state index in [1.165, 1.54) is 0 Å². The molecule has 0 amide bonds. The maximum atomic E-state index is 11.1. The Labute approximate surface area is 120 Å². The number of hydrogen-bond donors (Lipinski definition) is 1. The molecule has 0 saturated carbocycles. The predicted octanol–water partition coefficient (Wildman–Crippen LogP) is 3.52. The monoisotopic (exact) mass is 280 g/mol. The van der Waals surface area contributed by atoms with Gasteiger partial charge in [0.1, 0.15) is 0 Å². The normalized spacial score (nSPS) is 12.2. The average molecular weight is 280 g/mol. The largest absolute Gasteiger partial charge is 0.487 e. The van der Waals surface area contributed by atoms with Gasteiger partial charge in [0.25, 0.3) is 0 Å². The van der Waals surface area contributed by atoms with Gasteiger partial charge in [-0.1, -0.05) is 33.3 Å². The molecule has 1 rings (SSSR count). The van der Waals surface area contributed by atoms with Crippen molar-refractivity contribution in [2.75, 3.05) is 13.2 Å². The van der Waals surface area contributed by atoms with E-state index in [1.54, 1.807) is 12.1 Å². The van der Waals surface area contributed by atoms with E-state index in [0.717, 1.165) is 24.9 Å². The topological polar surface area (TPSA) is 64.4 Å². The molecule has 0 aliphatic carbocycles. The highest BCUT2D eigenvalue weighted by Crippen LogP contribution is 2.28. The molecule has 0 fully saturated rings. The number of ether oxygens (including phenoxy) is 1. The summed E-state index contributed by atoms with van der Waals surface area (Å²) in [6, 6.07) is 5.15. The third kappa shape index (κ3) is 5.17. The summed E-state index contributed by atoms with van der Waals surface area (Å²) in [4.78, 5) is 10.7. The summed E-state index contributed by atoms with van der Waals surface area (Å²) in [5.41, 5.74) is 0.941. The van der Waals surface area contributed by atoms with E-state index in [4.69, 9.17) is 4.74 Å². The van der Waals surface area contributed by atoms with E-state index in [0.29, 0.717) is 24.8 Å². The van der Waals surface area contributed by atoms with Crippen LogP contribution in [0.25, 0.3) is 0 Å². The molecule has 0 spiro atoms. The second-order valence-electron chi connectivity index (χ2n) is 5.04. The molecule has 0 aliphatic heterocycles. The Bertz CT molecular complexity index is 435. The fourth-order valence-corrected chi connectivity index (χ4v) is 2.02. The van der Waals surface area contributed by atoms with Gasteiger partial charge in [-0.25, -0.2) is 0 Å². The number of benzene rings is 1. The second kappa shape index (κ2) is 8.53. The highest BCUT2D eigenvalue weighted by Gasteiger charge is 2.16. The summed E-state index contributed by atoms with van der Waals surface area (Å²) in [6.45, 7) is 8.19. The fourth-order valence-electron chi connectivity index (χ4n) is 2.02. The minimum atomic E-state index is -0.380. The van der Waals surface area contributed by atoms with Crippen LogP contribution in [0.3, 0.4) is 0 Å². The van der Waals surface area contributed by atoms with Crippen LogP contribution in [0.5, 0.6) is 5.75 Å². The zero-order valence-corrected chi connectivity index (χ0v) is 12.5. The highest BCUT2D eigenvalue weighted by molar-refractivity contribution is 5.48. The van der Waals surface area contributed by atoms with Crippen molar-refractivity contribution in [3.05, 3.63) is 33.9 Å². The van der Waals surface area contributed by atoms with Gasteiger partial charge < -0.3 is 10.1 Å². The summed E-state index contributed by atoms with van der Waals surface area (Å²) in [6.07, 6.45) is 2.15. The Morgan fingerprint density at radius 3 is 2.75 bits per heavy atom. The predicted molar refractivity (Wildman–Crippen MR) is 80.0 cm³/mol. The van der Waals surface area contributed by atoms with Crippen molar-refractivity contribution in [1.29, 1.82) is 0 Å². The molecule has 1 N–H and O–H groups in total. The van der Waals surface area contributed by atoms with E-state index in [2.05, 4.69) is 19.2 Å². The van der Waals surface area contributed by atoms with Crippen LogP contribution in [0.15, 0.2) is 18.2 Å². The summed E-state index contributed by atoms with van der Waals surface area (Å²) >= 11 is 0. The van der Waals surface area contributed by atoms with Gasteiger partial charge in [0.15, 0.2) is 5.75 Å². The molecular formula is C15H24N2O3. The number of hydrogen-bond acceptors (Lipinski definition) is 4. The first-order valence-corrected chi connectivity index (χ1v) is 7.19. The molecule has 112 valence electrons. The Morgan fingerprint density at radius 2 is 2.15 bits per heavy atom. The van der Waals surface area contributed by atoms with Gasteiger partial charge in [0, 0.05) is 12.6 Å². The van der Waals surface area contributed by atoms with Crippen LogP contribution in [0, 0.1) is 16.0 Å². The third-order valence-electron chi connectivity index (χ3n) is 3.10. The lowest BCUT2D eigenvalue weighted by Crippen LogP contribution is -2.12. The molecule has 0 radical (unpaired) electrons. The molecule has 0 saturated heterocycles. The lowest BCUT2D eigenvalue weighted by molar-refractivity contribution is -0.386. The smallest absolute Gasteiger partial charge is 0.311 e. The molecule has 0 aliphatic rings. The second-order valence-corrected chi connectivity index (χ2v) is 5.04. The fraction of sp³-hybridized carbons (Fsp3) is 0.600. The molecule has 1 atom stereocenters. The van der Waals surface area contributed by atoms with Crippen molar-refractivity contribution in [1.82, 2.24) is 5.32 Å². The summed E-state index contributed by atoms with van der Waals surface area (Å²) in [7, 11) is 0.